The van der Waals surface area contributed by atoms with Crippen molar-refractivity contribution in [2.45, 2.75) is 22.5 Å². The molecule has 196 valence electrons. The molecule has 1 unspecified atom stereocenters. The number of para-hydroxylation sites is 1. The average molecular weight is 550 g/mol. The van der Waals surface area contributed by atoms with Gasteiger partial charge in [0.15, 0.2) is 0 Å². The molecule has 0 aliphatic carbocycles. The van der Waals surface area contributed by atoms with Crippen molar-refractivity contribution in [1.29, 1.82) is 0 Å². The quantitative estimate of drug-likeness (QED) is 0.590. The maximum absolute atomic E-state index is 14.3. The molecule has 3 amide bonds. The van der Waals surface area contributed by atoms with Crippen LogP contribution in [0.5, 0.6) is 0 Å². The molecule has 38 heavy (non-hydrogen) atoms. The second-order valence-electron chi connectivity index (χ2n) is 10.3. The molecule has 6 rings (SSSR count). The van der Waals surface area contributed by atoms with Crippen LogP contribution in [0.3, 0.4) is 0 Å². The minimum atomic E-state index is -0.955. The first-order valence-corrected chi connectivity index (χ1v) is 13.9. The van der Waals surface area contributed by atoms with E-state index in [4.69, 9.17) is 11.6 Å². The lowest BCUT2D eigenvalue weighted by Gasteiger charge is -2.36. The summed E-state index contributed by atoms with van der Waals surface area (Å²) in [5, 5.41) is 10.5. The van der Waals surface area contributed by atoms with Crippen LogP contribution in [0.4, 0.5) is 11.4 Å². The van der Waals surface area contributed by atoms with Crippen LogP contribution in [-0.2, 0) is 14.4 Å². The van der Waals surface area contributed by atoms with Crippen LogP contribution in [0.15, 0.2) is 78.9 Å². The molecule has 4 aliphatic rings. The standard InChI is InChI=1S/C29H28ClN3O4S/c1-28-13-5-15-31(20-7-3-2-4-8-20)25(35)22(28)23-26(36)33(17-18-34)24-27(37)32(16-6-14-29(23,24)38-28)21-11-9-19(30)10-12-21/h2-14,22-24,34H,15-18H2,1H3/t22-,23-,24?,28+,29-/m0/s1. The van der Waals surface area contributed by atoms with E-state index in [-0.39, 0.29) is 30.9 Å². The van der Waals surface area contributed by atoms with E-state index in [0.29, 0.717) is 23.8 Å². The Morgan fingerprint density at radius 3 is 2.18 bits per heavy atom. The first kappa shape index (κ1) is 25.2. The molecular formula is C29H28ClN3O4S. The van der Waals surface area contributed by atoms with Crippen LogP contribution >= 0.6 is 23.4 Å². The van der Waals surface area contributed by atoms with Gasteiger partial charge in [-0.05, 0) is 43.3 Å². The maximum Gasteiger partial charge on any atom is 0.251 e. The topological polar surface area (TPSA) is 81.2 Å². The summed E-state index contributed by atoms with van der Waals surface area (Å²) in [7, 11) is 0. The van der Waals surface area contributed by atoms with Crippen molar-refractivity contribution in [3.8, 4) is 0 Å². The van der Waals surface area contributed by atoms with Gasteiger partial charge in [-0.15, -0.1) is 11.8 Å². The number of hydrogen-bond donors (Lipinski definition) is 1. The molecule has 0 saturated carbocycles. The van der Waals surface area contributed by atoms with Gasteiger partial charge in [0.1, 0.15) is 6.04 Å². The van der Waals surface area contributed by atoms with Crippen molar-refractivity contribution in [3.63, 3.8) is 0 Å². The number of halogens is 1. The molecule has 2 saturated heterocycles. The lowest BCUT2D eigenvalue weighted by molar-refractivity contribution is -0.139. The fraction of sp³-hybridized carbons (Fsp3) is 0.345. The van der Waals surface area contributed by atoms with Gasteiger partial charge in [-0.3, -0.25) is 14.4 Å². The molecule has 1 spiro atoms. The Hall–Kier alpha value is -3.07. The lowest BCUT2D eigenvalue weighted by atomic mass is 9.74. The van der Waals surface area contributed by atoms with Crippen LogP contribution in [0, 0.1) is 11.8 Å². The monoisotopic (exact) mass is 549 g/mol. The summed E-state index contributed by atoms with van der Waals surface area (Å²) in [6.45, 7) is 2.48. The zero-order valence-electron chi connectivity index (χ0n) is 20.9. The zero-order chi connectivity index (χ0) is 26.7. The predicted molar refractivity (Wildman–Crippen MR) is 149 cm³/mol. The minimum Gasteiger partial charge on any atom is -0.395 e. The predicted octanol–water partition coefficient (Wildman–Crippen LogP) is 3.53. The average Bonchev–Trinajstić information content (AvgIpc) is 3.16. The molecule has 2 fully saturated rings. The highest BCUT2D eigenvalue weighted by Gasteiger charge is 2.74. The number of aliphatic hydroxyl groups excluding tert-OH is 1. The van der Waals surface area contributed by atoms with Crippen molar-refractivity contribution in [2.75, 3.05) is 36.0 Å². The molecule has 2 aromatic rings. The number of aliphatic hydroxyl groups is 1. The van der Waals surface area contributed by atoms with E-state index < -0.39 is 27.4 Å². The van der Waals surface area contributed by atoms with E-state index in [1.165, 1.54) is 16.7 Å². The Bertz CT molecular complexity index is 1350. The number of likely N-dealkylation sites (tertiary alicyclic amines) is 1. The van der Waals surface area contributed by atoms with E-state index in [1.807, 2.05) is 61.6 Å². The van der Waals surface area contributed by atoms with Gasteiger partial charge in [-0.2, -0.15) is 0 Å². The second kappa shape index (κ2) is 9.29. The van der Waals surface area contributed by atoms with Crippen LogP contribution in [-0.4, -0.2) is 69.5 Å². The fourth-order valence-corrected chi connectivity index (χ4v) is 8.85. The van der Waals surface area contributed by atoms with Gasteiger partial charge in [0.25, 0.3) is 5.91 Å². The Morgan fingerprint density at radius 2 is 1.50 bits per heavy atom. The number of thioether (sulfide) groups is 1. The van der Waals surface area contributed by atoms with Gasteiger partial charge in [-0.25, -0.2) is 0 Å². The van der Waals surface area contributed by atoms with Gasteiger partial charge in [0.2, 0.25) is 11.8 Å². The lowest BCUT2D eigenvalue weighted by Crippen LogP contribution is -2.54. The number of β-amino-alcohol motifs (C(OH)–C–C–N with tert-alkyl or cyclic N) is 1. The van der Waals surface area contributed by atoms with Crippen LogP contribution in [0.25, 0.3) is 0 Å². The van der Waals surface area contributed by atoms with E-state index >= 15 is 0 Å². The Balaban J connectivity index is 1.47. The van der Waals surface area contributed by atoms with Crippen LogP contribution < -0.4 is 9.80 Å². The number of rotatable bonds is 4. The first-order chi connectivity index (χ1) is 18.3. The molecule has 4 heterocycles. The third-order valence-electron chi connectivity index (χ3n) is 8.10. The molecule has 0 radical (unpaired) electrons. The van der Waals surface area contributed by atoms with Crippen LogP contribution in [0.1, 0.15) is 6.92 Å². The molecule has 9 heteroatoms. The minimum absolute atomic E-state index is 0.0201. The molecule has 0 bridgehead atoms. The van der Waals surface area contributed by atoms with Crippen molar-refractivity contribution >= 4 is 52.5 Å². The summed E-state index contributed by atoms with van der Waals surface area (Å²) in [6, 6.07) is 15.6. The van der Waals surface area contributed by atoms with E-state index in [9.17, 15) is 19.5 Å². The number of nitrogens with zero attached hydrogens (tertiary/aromatic N) is 3. The number of carbonyl (C=O) groups is 3. The van der Waals surface area contributed by atoms with Gasteiger partial charge < -0.3 is 19.8 Å². The molecule has 0 aromatic heterocycles. The van der Waals surface area contributed by atoms with E-state index in [1.54, 1.807) is 34.1 Å². The summed E-state index contributed by atoms with van der Waals surface area (Å²) in [4.78, 5) is 47.6. The number of hydrogen-bond acceptors (Lipinski definition) is 5. The Labute approximate surface area is 230 Å². The van der Waals surface area contributed by atoms with Crippen LogP contribution in [0.2, 0.25) is 5.02 Å². The van der Waals surface area contributed by atoms with Gasteiger partial charge in [0.05, 0.1) is 23.2 Å². The molecule has 7 nitrogen and oxygen atoms in total. The molecule has 2 aromatic carbocycles. The highest BCUT2D eigenvalue weighted by atomic mass is 35.5. The van der Waals surface area contributed by atoms with Crippen molar-refractivity contribution < 1.29 is 19.5 Å². The number of carbonyl (C=O) groups excluding carboxylic acids is 3. The Kier molecular flexibility index (Phi) is 6.17. The normalized spacial score (nSPS) is 32.2. The van der Waals surface area contributed by atoms with Gasteiger partial charge >= 0.3 is 0 Å². The number of fused-ring (bicyclic) bond motifs is 2. The number of amides is 3. The number of anilines is 2. The van der Waals surface area contributed by atoms with E-state index in [2.05, 4.69) is 0 Å². The third kappa shape index (κ3) is 3.65. The number of benzene rings is 2. The van der Waals surface area contributed by atoms with Crippen molar-refractivity contribution in [2.24, 2.45) is 11.8 Å². The summed E-state index contributed by atoms with van der Waals surface area (Å²) in [5.41, 5.74) is 1.45. The highest BCUT2D eigenvalue weighted by Crippen LogP contribution is 2.65. The molecule has 4 aliphatic heterocycles. The smallest absolute Gasteiger partial charge is 0.251 e. The van der Waals surface area contributed by atoms with Crippen molar-refractivity contribution in [1.82, 2.24) is 4.90 Å². The summed E-state index contributed by atoms with van der Waals surface area (Å²) >= 11 is 7.62. The van der Waals surface area contributed by atoms with Gasteiger partial charge in [-0.1, -0.05) is 54.1 Å². The molecule has 1 N–H and O–H groups in total. The SMILES string of the molecule is C[C@@]12C=CCN(c3ccccc3)C(=O)[C@@H]1[C@H]1C(=O)N(CCO)C3C(=O)N(c4ccc(Cl)cc4)CC=C[C@@]31S2. The maximum atomic E-state index is 14.3. The van der Waals surface area contributed by atoms with E-state index in [0.717, 1.165) is 5.69 Å². The summed E-state index contributed by atoms with van der Waals surface area (Å²) in [6.07, 6.45) is 7.93. The molecular weight excluding hydrogens is 522 g/mol. The Morgan fingerprint density at radius 1 is 0.868 bits per heavy atom. The largest absolute Gasteiger partial charge is 0.395 e. The van der Waals surface area contributed by atoms with Gasteiger partial charge in [0, 0.05) is 40.8 Å². The highest BCUT2D eigenvalue weighted by molar-refractivity contribution is 8.02. The van der Waals surface area contributed by atoms with Crippen molar-refractivity contribution in [3.05, 3.63) is 83.9 Å². The zero-order valence-corrected chi connectivity index (χ0v) is 22.4. The molecule has 5 atom stereocenters. The summed E-state index contributed by atoms with van der Waals surface area (Å²) in [5.74, 6) is -2.05. The second-order valence-corrected chi connectivity index (χ2v) is 12.5. The first-order valence-electron chi connectivity index (χ1n) is 12.7. The third-order valence-corrected chi connectivity index (χ3v) is 10.2. The fourth-order valence-electron chi connectivity index (χ4n) is 6.56. The summed E-state index contributed by atoms with van der Waals surface area (Å²) < 4.78 is -1.64.